The fourth-order valence-electron chi connectivity index (χ4n) is 3.04. The molecule has 24 heavy (non-hydrogen) atoms. The van der Waals surface area contributed by atoms with E-state index in [9.17, 15) is 4.79 Å². The van der Waals surface area contributed by atoms with Crippen LogP contribution in [0.15, 0.2) is 0 Å². The van der Waals surface area contributed by atoms with Crippen LogP contribution in [0.3, 0.4) is 0 Å². The van der Waals surface area contributed by atoms with E-state index in [2.05, 4.69) is 6.92 Å². The van der Waals surface area contributed by atoms with Crippen LogP contribution in [0.4, 0.5) is 0 Å². The number of carbonyl (C=O) groups is 1. The Balaban J connectivity index is 2.99. The number of ether oxygens (including phenoxy) is 1. The molecule has 2 nitrogen and oxygen atoms in total. The molecule has 0 spiro atoms. The molecule has 0 atom stereocenters. The Morgan fingerprint density at radius 2 is 0.958 bits per heavy atom. The predicted molar refractivity (Wildman–Crippen MR) is 106 cm³/mol. The minimum absolute atomic E-state index is 0.214. The Morgan fingerprint density at radius 3 is 1.33 bits per heavy atom. The monoisotopic (exact) mass is 340 g/mol. The Hall–Kier alpha value is -0.370. The molecule has 0 saturated heterocycles. The highest BCUT2D eigenvalue weighted by Gasteiger charge is 1.98. The van der Waals surface area contributed by atoms with E-state index in [-0.39, 0.29) is 5.78 Å². The summed E-state index contributed by atoms with van der Waals surface area (Å²) in [4.78, 5) is 11.1. The van der Waals surface area contributed by atoms with Crippen LogP contribution in [0, 0.1) is 0 Å². The molecule has 0 fully saturated rings. The van der Waals surface area contributed by atoms with Gasteiger partial charge in [0.25, 0.3) is 0 Å². The number of unbranched alkanes of at least 4 members (excludes halogenated alkanes) is 15. The lowest BCUT2D eigenvalue weighted by atomic mass is 10.0. The van der Waals surface area contributed by atoms with Crippen molar-refractivity contribution < 1.29 is 9.53 Å². The second-order valence-corrected chi connectivity index (χ2v) is 7.25. The van der Waals surface area contributed by atoms with Crippen LogP contribution in [0.5, 0.6) is 0 Å². The van der Waals surface area contributed by atoms with Crippen LogP contribution in [-0.2, 0) is 9.53 Å². The summed E-state index contributed by atoms with van der Waals surface area (Å²) in [6.07, 6.45) is 22.8. The van der Waals surface area contributed by atoms with Gasteiger partial charge in [-0.25, -0.2) is 0 Å². The summed E-state index contributed by atoms with van der Waals surface area (Å²) in [7, 11) is 0. The summed E-state index contributed by atoms with van der Waals surface area (Å²) in [6, 6.07) is 0. The van der Waals surface area contributed by atoms with E-state index in [1.165, 1.54) is 96.3 Å². The van der Waals surface area contributed by atoms with Crippen molar-refractivity contribution in [3.8, 4) is 0 Å². The van der Waals surface area contributed by atoms with E-state index < -0.39 is 0 Å². The second kappa shape index (κ2) is 20.7. The van der Waals surface area contributed by atoms with Gasteiger partial charge in [-0.15, -0.1) is 0 Å². The van der Waals surface area contributed by atoms with Crippen molar-refractivity contribution in [2.75, 3.05) is 13.2 Å². The zero-order valence-electron chi connectivity index (χ0n) is 16.8. The molecule has 2 heteroatoms. The molecule has 0 aromatic heterocycles. The molecule has 0 aliphatic carbocycles. The Bertz CT molecular complexity index is 250. The first-order chi connectivity index (χ1) is 11.8. The first kappa shape index (κ1) is 23.6. The van der Waals surface area contributed by atoms with Crippen molar-refractivity contribution in [3.63, 3.8) is 0 Å². The van der Waals surface area contributed by atoms with E-state index in [4.69, 9.17) is 4.74 Å². The Labute approximate surface area is 152 Å². The molecule has 0 amide bonds. The summed E-state index contributed by atoms with van der Waals surface area (Å²) >= 11 is 0. The zero-order valence-corrected chi connectivity index (χ0v) is 16.8. The van der Waals surface area contributed by atoms with E-state index in [0.29, 0.717) is 13.0 Å². The number of hydrogen-bond acceptors (Lipinski definition) is 2. The molecule has 0 aliphatic rings. The average molecular weight is 341 g/mol. The summed E-state index contributed by atoms with van der Waals surface area (Å²) in [5, 5.41) is 0. The maximum absolute atomic E-state index is 11.1. The number of carbonyl (C=O) groups excluding carboxylic acids is 1. The second-order valence-electron chi connectivity index (χ2n) is 7.25. The topological polar surface area (TPSA) is 26.3 Å². The van der Waals surface area contributed by atoms with Crippen molar-refractivity contribution in [1.82, 2.24) is 0 Å². The fourth-order valence-corrected chi connectivity index (χ4v) is 3.04. The van der Waals surface area contributed by atoms with Gasteiger partial charge in [-0.2, -0.15) is 0 Å². The quantitative estimate of drug-likeness (QED) is 0.218. The van der Waals surface area contributed by atoms with Gasteiger partial charge >= 0.3 is 0 Å². The standard InChI is InChI=1S/C22H44O2/c1-3-5-6-7-8-9-10-11-12-13-14-15-16-17-18-19-20-24-21-22(23)4-2/h3-21H2,1-2H3. The fraction of sp³-hybridized carbons (Fsp3) is 0.955. The van der Waals surface area contributed by atoms with Crippen molar-refractivity contribution in [2.24, 2.45) is 0 Å². The summed E-state index contributed by atoms with van der Waals surface area (Å²) in [5.74, 6) is 0.214. The predicted octanol–water partition coefficient (Wildman–Crippen LogP) is 7.24. The Kier molecular flexibility index (Phi) is 20.4. The molecule has 144 valence electrons. The maximum Gasteiger partial charge on any atom is 0.158 e. The third kappa shape index (κ3) is 19.7. The molecule has 0 bridgehead atoms. The van der Waals surface area contributed by atoms with Gasteiger partial charge in [0.2, 0.25) is 0 Å². The molecule has 0 heterocycles. The highest BCUT2D eigenvalue weighted by molar-refractivity contribution is 5.79. The molecule has 0 N–H and O–H groups in total. The van der Waals surface area contributed by atoms with Gasteiger partial charge in [0.1, 0.15) is 6.61 Å². The molecule has 0 radical (unpaired) electrons. The number of ketones is 1. The number of hydrogen-bond donors (Lipinski definition) is 0. The molecule has 0 aliphatic heterocycles. The van der Waals surface area contributed by atoms with Crippen molar-refractivity contribution in [2.45, 2.75) is 123 Å². The summed E-state index contributed by atoms with van der Waals surface area (Å²) < 4.78 is 5.36. The third-order valence-electron chi connectivity index (χ3n) is 4.80. The average Bonchev–Trinajstić information content (AvgIpc) is 2.60. The van der Waals surface area contributed by atoms with Gasteiger partial charge in [0, 0.05) is 13.0 Å². The SMILES string of the molecule is CCCCCCCCCCCCCCCCCCOCC(=O)CC. The van der Waals surface area contributed by atoms with Gasteiger partial charge < -0.3 is 4.74 Å². The smallest absolute Gasteiger partial charge is 0.158 e. The van der Waals surface area contributed by atoms with E-state index in [1.54, 1.807) is 0 Å². The van der Waals surface area contributed by atoms with Gasteiger partial charge in [0.05, 0.1) is 0 Å². The Morgan fingerprint density at radius 1 is 0.583 bits per heavy atom. The van der Waals surface area contributed by atoms with E-state index in [0.717, 1.165) is 13.0 Å². The first-order valence-electron chi connectivity index (χ1n) is 10.9. The molecular weight excluding hydrogens is 296 g/mol. The van der Waals surface area contributed by atoms with E-state index >= 15 is 0 Å². The van der Waals surface area contributed by atoms with Crippen molar-refractivity contribution >= 4 is 5.78 Å². The summed E-state index contributed by atoms with van der Waals surface area (Å²) in [6.45, 7) is 5.24. The molecular formula is C22H44O2. The lowest BCUT2D eigenvalue weighted by molar-refractivity contribution is -0.123. The molecule has 0 saturated carbocycles. The maximum atomic E-state index is 11.1. The minimum atomic E-state index is 0.214. The highest BCUT2D eigenvalue weighted by Crippen LogP contribution is 2.13. The van der Waals surface area contributed by atoms with Gasteiger partial charge in [-0.05, 0) is 6.42 Å². The molecule has 0 aromatic carbocycles. The zero-order chi connectivity index (χ0) is 17.7. The van der Waals surface area contributed by atoms with Crippen LogP contribution in [-0.4, -0.2) is 19.0 Å². The van der Waals surface area contributed by atoms with Crippen LogP contribution < -0.4 is 0 Å². The lowest BCUT2D eigenvalue weighted by Crippen LogP contribution is -2.07. The van der Waals surface area contributed by atoms with Crippen molar-refractivity contribution in [1.29, 1.82) is 0 Å². The van der Waals surface area contributed by atoms with Crippen LogP contribution in [0.2, 0.25) is 0 Å². The van der Waals surface area contributed by atoms with Crippen molar-refractivity contribution in [3.05, 3.63) is 0 Å². The normalized spacial score (nSPS) is 11.1. The first-order valence-corrected chi connectivity index (χ1v) is 10.9. The van der Waals surface area contributed by atoms with Crippen LogP contribution in [0.1, 0.15) is 123 Å². The van der Waals surface area contributed by atoms with Gasteiger partial charge in [-0.1, -0.05) is 110 Å². The molecule has 0 aromatic rings. The van der Waals surface area contributed by atoms with Gasteiger partial charge in [-0.3, -0.25) is 4.79 Å². The van der Waals surface area contributed by atoms with Crippen LogP contribution in [0.25, 0.3) is 0 Å². The molecule has 0 rings (SSSR count). The lowest BCUT2D eigenvalue weighted by Gasteiger charge is -2.04. The third-order valence-corrected chi connectivity index (χ3v) is 4.80. The minimum Gasteiger partial charge on any atom is -0.374 e. The summed E-state index contributed by atoms with van der Waals surface area (Å²) in [5.41, 5.74) is 0. The molecule has 0 unspecified atom stereocenters. The number of Topliss-reactive ketones (excluding diaryl/α,β-unsaturated/α-hetero) is 1. The van der Waals surface area contributed by atoms with Crippen LogP contribution >= 0.6 is 0 Å². The highest BCUT2D eigenvalue weighted by atomic mass is 16.5. The number of rotatable bonds is 20. The van der Waals surface area contributed by atoms with Gasteiger partial charge in [0.15, 0.2) is 5.78 Å². The largest absolute Gasteiger partial charge is 0.374 e. The van der Waals surface area contributed by atoms with E-state index in [1.807, 2.05) is 6.92 Å².